The van der Waals surface area contributed by atoms with Gasteiger partial charge in [0.05, 0.1) is 6.04 Å². The fraction of sp³-hybridized carbons (Fsp3) is 0.500. The Labute approximate surface area is 79.6 Å². The lowest BCUT2D eigenvalue weighted by atomic mass is 10.0. The van der Waals surface area contributed by atoms with Gasteiger partial charge in [0.25, 0.3) is 0 Å². The molecule has 13 heavy (non-hydrogen) atoms. The Kier molecular flexibility index (Phi) is 3.39. The molecular weight excluding hydrogens is 162 g/mol. The molecule has 1 rings (SSSR count). The summed E-state index contributed by atoms with van der Waals surface area (Å²) in [5.74, 6) is 0. The van der Waals surface area contributed by atoms with Crippen LogP contribution in [0.25, 0.3) is 0 Å². The lowest BCUT2D eigenvalue weighted by Crippen LogP contribution is -2.35. The first kappa shape index (κ1) is 10.2. The minimum Gasteiger partial charge on any atom is -0.326 e. The maximum absolute atomic E-state index is 5.90. The summed E-state index contributed by atoms with van der Waals surface area (Å²) < 4.78 is 0. The number of hydrogen-bond acceptors (Lipinski definition) is 3. The van der Waals surface area contributed by atoms with Crippen LogP contribution in [0.15, 0.2) is 24.5 Å². The zero-order valence-electron chi connectivity index (χ0n) is 8.44. The smallest absolute Gasteiger partial charge is 0.0506 e. The van der Waals surface area contributed by atoms with Gasteiger partial charge in [0.2, 0.25) is 0 Å². The van der Waals surface area contributed by atoms with E-state index in [0.717, 1.165) is 0 Å². The van der Waals surface area contributed by atoms with Gasteiger partial charge in [0, 0.05) is 18.4 Å². The Balaban J connectivity index is 2.89. The molecule has 2 unspecified atom stereocenters. The van der Waals surface area contributed by atoms with E-state index in [-0.39, 0.29) is 12.1 Å². The second-order valence-corrected chi connectivity index (χ2v) is 3.55. The number of nitrogens with two attached hydrogens (primary N) is 1. The molecule has 0 saturated heterocycles. The van der Waals surface area contributed by atoms with E-state index >= 15 is 0 Å². The Hall–Kier alpha value is -0.930. The van der Waals surface area contributed by atoms with E-state index in [0.29, 0.717) is 0 Å². The molecule has 0 aromatic carbocycles. The van der Waals surface area contributed by atoms with Gasteiger partial charge in [0.15, 0.2) is 0 Å². The highest BCUT2D eigenvalue weighted by atomic mass is 15.1. The van der Waals surface area contributed by atoms with Crippen molar-refractivity contribution in [3.05, 3.63) is 30.1 Å². The monoisotopic (exact) mass is 179 g/mol. The molecule has 0 aliphatic rings. The minimum atomic E-state index is 0.110. The van der Waals surface area contributed by atoms with Gasteiger partial charge in [0.1, 0.15) is 0 Å². The van der Waals surface area contributed by atoms with Crippen molar-refractivity contribution in [1.29, 1.82) is 0 Å². The second-order valence-electron chi connectivity index (χ2n) is 3.55. The Morgan fingerprint density at radius 2 is 2.15 bits per heavy atom. The summed E-state index contributed by atoms with van der Waals surface area (Å²) in [5.41, 5.74) is 7.07. The number of rotatable bonds is 3. The van der Waals surface area contributed by atoms with Gasteiger partial charge in [-0.1, -0.05) is 6.07 Å². The molecule has 0 amide bonds. The average molecular weight is 179 g/mol. The molecule has 72 valence electrons. The molecule has 3 heteroatoms. The summed E-state index contributed by atoms with van der Waals surface area (Å²) in [5, 5.41) is 0. The molecule has 1 aromatic heterocycles. The first-order valence-electron chi connectivity index (χ1n) is 4.45. The van der Waals surface area contributed by atoms with Crippen LogP contribution in [0.4, 0.5) is 0 Å². The van der Waals surface area contributed by atoms with Crippen molar-refractivity contribution in [3.8, 4) is 0 Å². The zero-order valence-corrected chi connectivity index (χ0v) is 8.44. The van der Waals surface area contributed by atoms with E-state index in [9.17, 15) is 0 Å². The minimum absolute atomic E-state index is 0.110. The average Bonchev–Trinajstić information content (AvgIpc) is 2.04. The van der Waals surface area contributed by atoms with Crippen LogP contribution in [-0.4, -0.2) is 30.0 Å². The van der Waals surface area contributed by atoms with Gasteiger partial charge >= 0.3 is 0 Å². The summed E-state index contributed by atoms with van der Waals surface area (Å²) >= 11 is 0. The highest BCUT2D eigenvalue weighted by molar-refractivity contribution is 5.15. The number of pyridine rings is 1. The first-order valence-corrected chi connectivity index (χ1v) is 4.45. The second kappa shape index (κ2) is 4.35. The molecule has 0 saturated carbocycles. The molecule has 2 N–H and O–H groups in total. The summed E-state index contributed by atoms with van der Waals surface area (Å²) in [4.78, 5) is 6.20. The SMILES string of the molecule is CC(N)C(c1cccnc1)N(C)C. The quantitative estimate of drug-likeness (QED) is 0.753. The van der Waals surface area contributed by atoms with Gasteiger partial charge in [-0.15, -0.1) is 0 Å². The lowest BCUT2D eigenvalue weighted by molar-refractivity contribution is 0.265. The van der Waals surface area contributed by atoms with Gasteiger partial charge in [-0.05, 0) is 32.6 Å². The molecular formula is C10H17N3. The first-order chi connectivity index (χ1) is 6.13. The number of hydrogen-bond donors (Lipinski definition) is 1. The van der Waals surface area contributed by atoms with Gasteiger partial charge < -0.3 is 10.6 Å². The van der Waals surface area contributed by atoms with Crippen LogP contribution < -0.4 is 5.73 Å². The molecule has 3 nitrogen and oxygen atoms in total. The van der Waals surface area contributed by atoms with Crippen LogP contribution >= 0.6 is 0 Å². The predicted molar refractivity (Wildman–Crippen MR) is 54.3 cm³/mol. The molecule has 0 bridgehead atoms. The van der Waals surface area contributed by atoms with Crippen molar-refractivity contribution in [1.82, 2.24) is 9.88 Å². The molecule has 0 spiro atoms. The third kappa shape index (κ3) is 2.50. The largest absolute Gasteiger partial charge is 0.326 e. The topological polar surface area (TPSA) is 42.1 Å². The van der Waals surface area contributed by atoms with E-state index < -0.39 is 0 Å². The third-order valence-corrected chi connectivity index (χ3v) is 2.08. The van der Waals surface area contributed by atoms with Crippen molar-refractivity contribution >= 4 is 0 Å². The highest BCUT2D eigenvalue weighted by Crippen LogP contribution is 2.19. The zero-order chi connectivity index (χ0) is 9.84. The van der Waals surface area contributed by atoms with Crippen LogP contribution in [0, 0.1) is 0 Å². The van der Waals surface area contributed by atoms with Crippen molar-refractivity contribution in [3.63, 3.8) is 0 Å². The summed E-state index contributed by atoms with van der Waals surface area (Å²) in [6.45, 7) is 2.01. The Bertz CT molecular complexity index is 236. The molecule has 0 fully saturated rings. The van der Waals surface area contributed by atoms with Crippen LogP contribution in [0.1, 0.15) is 18.5 Å². The number of nitrogens with zero attached hydrogens (tertiary/aromatic N) is 2. The number of aromatic nitrogens is 1. The Morgan fingerprint density at radius 3 is 2.54 bits per heavy atom. The molecule has 1 heterocycles. The maximum Gasteiger partial charge on any atom is 0.0506 e. The fourth-order valence-electron chi connectivity index (χ4n) is 1.62. The van der Waals surface area contributed by atoms with Crippen molar-refractivity contribution in [2.75, 3.05) is 14.1 Å². The third-order valence-electron chi connectivity index (χ3n) is 2.08. The maximum atomic E-state index is 5.90. The van der Waals surface area contributed by atoms with Gasteiger partial charge in [-0.3, -0.25) is 4.98 Å². The van der Waals surface area contributed by atoms with E-state index in [1.165, 1.54) is 5.56 Å². The van der Waals surface area contributed by atoms with E-state index in [1.807, 2.05) is 33.3 Å². The van der Waals surface area contributed by atoms with E-state index in [2.05, 4.69) is 16.0 Å². The molecule has 0 radical (unpaired) electrons. The van der Waals surface area contributed by atoms with E-state index in [1.54, 1.807) is 6.20 Å². The van der Waals surface area contributed by atoms with Crippen LogP contribution in [0.3, 0.4) is 0 Å². The van der Waals surface area contributed by atoms with Crippen molar-refractivity contribution in [2.24, 2.45) is 5.73 Å². The molecule has 1 aromatic rings. The van der Waals surface area contributed by atoms with E-state index in [4.69, 9.17) is 5.73 Å². The normalized spacial score (nSPS) is 15.8. The predicted octanol–water partition coefficient (Wildman–Crippen LogP) is 1.03. The van der Waals surface area contributed by atoms with Crippen LogP contribution in [0.5, 0.6) is 0 Å². The summed E-state index contributed by atoms with van der Waals surface area (Å²) in [7, 11) is 4.06. The fourth-order valence-corrected chi connectivity index (χ4v) is 1.62. The summed E-state index contributed by atoms with van der Waals surface area (Å²) in [6, 6.07) is 4.35. The molecule has 0 aliphatic carbocycles. The number of likely N-dealkylation sites (N-methyl/N-ethyl adjacent to an activating group) is 1. The highest BCUT2D eigenvalue weighted by Gasteiger charge is 2.17. The van der Waals surface area contributed by atoms with Gasteiger partial charge in [-0.2, -0.15) is 0 Å². The Morgan fingerprint density at radius 1 is 1.46 bits per heavy atom. The van der Waals surface area contributed by atoms with Crippen LogP contribution in [0.2, 0.25) is 0 Å². The lowest BCUT2D eigenvalue weighted by Gasteiger charge is -2.27. The standard InChI is InChI=1S/C10H17N3/c1-8(11)10(13(2)3)9-5-4-6-12-7-9/h4-8,10H,11H2,1-3H3. The van der Waals surface area contributed by atoms with Gasteiger partial charge in [-0.25, -0.2) is 0 Å². The summed E-state index contributed by atoms with van der Waals surface area (Å²) in [6.07, 6.45) is 3.64. The molecule has 0 aliphatic heterocycles. The molecule has 2 atom stereocenters. The van der Waals surface area contributed by atoms with Crippen molar-refractivity contribution < 1.29 is 0 Å². The van der Waals surface area contributed by atoms with Crippen molar-refractivity contribution in [2.45, 2.75) is 19.0 Å². The van der Waals surface area contributed by atoms with Crippen LogP contribution in [-0.2, 0) is 0 Å².